The summed E-state index contributed by atoms with van der Waals surface area (Å²) < 4.78 is 6.00. The molecular weight excluding hydrogens is 300 g/mol. The molecule has 1 aliphatic rings. The summed E-state index contributed by atoms with van der Waals surface area (Å²) in [5.41, 5.74) is 2.82. The molecule has 24 heavy (non-hydrogen) atoms. The predicted octanol–water partition coefficient (Wildman–Crippen LogP) is 3.61. The van der Waals surface area contributed by atoms with E-state index < -0.39 is 5.60 Å². The molecule has 0 spiro atoms. The highest BCUT2D eigenvalue weighted by Crippen LogP contribution is 2.28. The quantitative estimate of drug-likeness (QED) is 0.914. The largest absolute Gasteiger partial charge is 0.478 e. The minimum atomic E-state index is -0.936. The lowest BCUT2D eigenvalue weighted by molar-refractivity contribution is -0.134. The van der Waals surface area contributed by atoms with Gasteiger partial charge in [-0.05, 0) is 81.0 Å². The molecular formula is C20H24N2O2. The van der Waals surface area contributed by atoms with Crippen LogP contribution in [0.2, 0.25) is 0 Å². The zero-order chi connectivity index (χ0) is 17.2. The molecule has 3 rings (SSSR count). The van der Waals surface area contributed by atoms with Crippen molar-refractivity contribution >= 4 is 5.91 Å². The van der Waals surface area contributed by atoms with Crippen LogP contribution in [0.15, 0.2) is 42.7 Å². The summed E-state index contributed by atoms with van der Waals surface area (Å²) in [5, 5.41) is 3.02. The van der Waals surface area contributed by atoms with Crippen molar-refractivity contribution in [3.8, 4) is 5.75 Å². The van der Waals surface area contributed by atoms with Crippen molar-refractivity contribution in [1.29, 1.82) is 0 Å². The number of nitrogens with zero attached hydrogens (tertiary/aromatic N) is 1. The number of nitrogens with one attached hydrogen (secondary N) is 1. The van der Waals surface area contributed by atoms with E-state index in [-0.39, 0.29) is 11.9 Å². The second-order valence-electron chi connectivity index (χ2n) is 6.87. The zero-order valence-corrected chi connectivity index (χ0v) is 14.5. The first kappa shape index (κ1) is 16.5. The van der Waals surface area contributed by atoms with Gasteiger partial charge in [0.1, 0.15) is 5.75 Å². The molecule has 0 unspecified atom stereocenters. The highest BCUT2D eigenvalue weighted by atomic mass is 16.5. The number of benzene rings is 1. The SMILES string of the molecule is C[C@H](NC(=O)C(C)(C)Oc1ccc2c(c1)CCC2)c1ccncc1. The Labute approximate surface area is 143 Å². The first-order valence-electron chi connectivity index (χ1n) is 8.47. The van der Waals surface area contributed by atoms with Gasteiger partial charge in [0.2, 0.25) is 0 Å². The van der Waals surface area contributed by atoms with Gasteiger partial charge in [-0.25, -0.2) is 0 Å². The van der Waals surface area contributed by atoms with Crippen molar-refractivity contribution in [2.45, 2.75) is 51.7 Å². The molecule has 4 nitrogen and oxygen atoms in total. The smallest absolute Gasteiger partial charge is 0.264 e. The molecule has 1 N–H and O–H groups in total. The summed E-state index contributed by atoms with van der Waals surface area (Å²) in [5.74, 6) is 0.625. The van der Waals surface area contributed by atoms with E-state index in [4.69, 9.17) is 4.74 Å². The van der Waals surface area contributed by atoms with Crippen LogP contribution in [0.3, 0.4) is 0 Å². The van der Waals surface area contributed by atoms with Crippen LogP contribution in [-0.4, -0.2) is 16.5 Å². The maximum atomic E-state index is 12.6. The van der Waals surface area contributed by atoms with Gasteiger partial charge >= 0.3 is 0 Å². The lowest BCUT2D eigenvalue weighted by atomic mass is 10.1. The number of amides is 1. The van der Waals surface area contributed by atoms with Gasteiger partial charge in [-0.1, -0.05) is 6.07 Å². The third-order valence-electron chi connectivity index (χ3n) is 4.54. The molecule has 1 amide bonds. The first-order chi connectivity index (χ1) is 11.5. The molecule has 0 fully saturated rings. The highest BCUT2D eigenvalue weighted by Gasteiger charge is 2.31. The maximum Gasteiger partial charge on any atom is 0.264 e. The number of rotatable bonds is 5. The Bertz CT molecular complexity index is 726. The van der Waals surface area contributed by atoms with E-state index in [0.29, 0.717) is 0 Å². The number of fused-ring (bicyclic) bond motifs is 1. The number of carbonyl (C=O) groups is 1. The Morgan fingerprint density at radius 3 is 2.62 bits per heavy atom. The summed E-state index contributed by atoms with van der Waals surface area (Å²) in [7, 11) is 0. The topological polar surface area (TPSA) is 51.2 Å². The molecule has 1 aromatic carbocycles. The lowest BCUT2D eigenvalue weighted by Crippen LogP contribution is -2.47. The number of aromatic nitrogens is 1. The van der Waals surface area contributed by atoms with Crippen LogP contribution in [0.4, 0.5) is 0 Å². The molecule has 1 atom stereocenters. The van der Waals surface area contributed by atoms with E-state index in [2.05, 4.69) is 22.4 Å². The Hall–Kier alpha value is -2.36. The molecule has 4 heteroatoms. The number of carbonyl (C=O) groups excluding carboxylic acids is 1. The minimum Gasteiger partial charge on any atom is -0.478 e. The Morgan fingerprint density at radius 2 is 1.88 bits per heavy atom. The summed E-state index contributed by atoms with van der Waals surface area (Å²) in [4.78, 5) is 16.6. The van der Waals surface area contributed by atoms with Gasteiger partial charge in [0.25, 0.3) is 5.91 Å². The van der Waals surface area contributed by atoms with Gasteiger partial charge in [0, 0.05) is 12.4 Å². The molecule has 0 aliphatic heterocycles. The standard InChI is InChI=1S/C20H24N2O2/c1-14(15-9-11-21-12-10-15)22-19(23)20(2,3)24-18-8-7-16-5-4-6-17(16)13-18/h7-14H,4-6H2,1-3H3,(H,22,23)/t14-/m0/s1. The molecule has 126 valence electrons. The zero-order valence-electron chi connectivity index (χ0n) is 14.5. The van der Waals surface area contributed by atoms with E-state index >= 15 is 0 Å². The molecule has 1 aromatic heterocycles. The van der Waals surface area contributed by atoms with Crippen molar-refractivity contribution < 1.29 is 9.53 Å². The molecule has 0 saturated carbocycles. The first-order valence-corrected chi connectivity index (χ1v) is 8.47. The van der Waals surface area contributed by atoms with Crippen molar-refractivity contribution in [2.75, 3.05) is 0 Å². The maximum absolute atomic E-state index is 12.6. The van der Waals surface area contributed by atoms with Crippen molar-refractivity contribution in [3.05, 3.63) is 59.4 Å². The van der Waals surface area contributed by atoms with Crippen LogP contribution in [0.25, 0.3) is 0 Å². The number of ether oxygens (including phenoxy) is 1. The van der Waals surface area contributed by atoms with Crippen LogP contribution < -0.4 is 10.1 Å². The second kappa shape index (κ2) is 6.63. The number of pyridine rings is 1. The average Bonchev–Trinajstić information content (AvgIpc) is 3.03. The van der Waals surface area contributed by atoms with Crippen LogP contribution in [0, 0.1) is 0 Å². The van der Waals surface area contributed by atoms with Gasteiger partial charge in [-0.3, -0.25) is 9.78 Å². The normalized spacial score (nSPS) is 14.8. The van der Waals surface area contributed by atoms with E-state index in [9.17, 15) is 4.79 Å². The summed E-state index contributed by atoms with van der Waals surface area (Å²) >= 11 is 0. The summed E-state index contributed by atoms with van der Waals surface area (Å²) in [6, 6.07) is 9.86. The predicted molar refractivity (Wildman–Crippen MR) is 94.0 cm³/mol. The van der Waals surface area contributed by atoms with Gasteiger partial charge < -0.3 is 10.1 Å². The Kier molecular flexibility index (Phi) is 4.56. The number of aryl methyl sites for hydroxylation is 2. The molecule has 1 aliphatic carbocycles. The second-order valence-corrected chi connectivity index (χ2v) is 6.87. The Balaban J connectivity index is 1.67. The Morgan fingerprint density at radius 1 is 1.17 bits per heavy atom. The summed E-state index contributed by atoms with van der Waals surface area (Å²) in [6.07, 6.45) is 6.89. The molecule has 1 heterocycles. The van der Waals surface area contributed by atoms with Crippen LogP contribution in [-0.2, 0) is 17.6 Å². The molecule has 0 radical (unpaired) electrons. The monoisotopic (exact) mass is 324 g/mol. The fourth-order valence-electron chi connectivity index (χ4n) is 3.06. The average molecular weight is 324 g/mol. The van der Waals surface area contributed by atoms with Gasteiger partial charge in [0.15, 0.2) is 5.60 Å². The third-order valence-corrected chi connectivity index (χ3v) is 4.54. The van der Waals surface area contributed by atoms with Crippen molar-refractivity contribution in [3.63, 3.8) is 0 Å². The third kappa shape index (κ3) is 3.58. The van der Waals surface area contributed by atoms with Crippen molar-refractivity contribution in [2.24, 2.45) is 0 Å². The molecule has 2 aromatic rings. The van der Waals surface area contributed by atoms with E-state index in [1.165, 1.54) is 17.5 Å². The van der Waals surface area contributed by atoms with Gasteiger partial charge in [0.05, 0.1) is 6.04 Å². The minimum absolute atomic E-state index is 0.0941. The van der Waals surface area contributed by atoms with Crippen molar-refractivity contribution in [1.82, 2.24) is 10.3 Å². The number of hydrogen-bond acceptors (Lipinski definition) is 3. The van der Waals surface area contributed by atoms with Crippen LogP contribution >= 0.6 is 0 Å². The van der Waals surface area contributed by atoms with E-state index in [1.807, 2.05) is 25.1 Å². The van der Waals surface area contributed by atoms with E-state index in [1.54, 1.807) is 26.2 Å². The lowest BCUT2D eigenvalue weighted by Gasteiger charge is -2.27. The molecule has 0 bridgehead atoms. The van der Waals surface area contributed by atoms with Gasteiger partial charge in [-0.2, -0.15) is 0 Å². The highest BCUT2D eigenvalue weighted by molar-refractivity contribution is 5.85. The van der Waals surface area contributed by atoms with E-state index in [0.717, 1.165) is 24.2 Å². The summed E-state index contributed by atoms with van der Waals surface area (Å²) in [6.45, 7) is 5.56. The molecule has 0 saturated heterocycles. The van der Waals surface area contributed by atoms with Crippen LogP contribution in [0.1, 0.15) is 49.9 Å². The fourth-order valence-corrected chi connectivity index (χ4v) is 3.06. The number of hydrogen-bond donors (Lipinski definition) is 1. The van der Waals surface area contributed by atoms with Gasteiger partial charge in [-0.15, -0.1) is 0 Å². The fraction of sp³-hybridized carbons (Fsp3) is 0.400. The van der Waals surface area contributed by atoms with Crippen LogP contribution in [0.5, 0.6) is 5.75 Å².